The summed E-state index contributed by atoms with van der Waals surface area (Å²) in [6.07, 6.45) is 1.63. The summed E-state index contributed by atoms with van der Waals surface area (Å²) in [4.78, 5) is 37.6. The number of amides is 1. The summed E-state index contributed by atoms with van der Waals surface area (Å²) in [5.41, 5.74) is 2.77. The van der Waals surface area contributed by atoms with Crippen molar-refractivity contribution in [3.05, 3.63) is 52.8 Å². The van der Waals surface area contributed by atoms with Crippen LogP contribution in [-0.4, -0.2) is 52.4 Å². The van der Waals surface area contributed by atoms with Gasteiger partial charge in [-0.25, -0.2) is 0 Å². The van der Waals surface area contributed by atoms with Crippen LogP contribution in [0.4, 0.5) is 0 Å². The molecular weight excluding hydrogens is 444 g/mol. The number of likely N-dealkylation sites (N-methyl/N-ethyl adjacent to an activating group) is 1. The number of ether oxygens (including phenoxy) is 1. The quantitative estimate of drug-likeness (QED) is 0.481. The van der Waals surface area contributed by atoms with E-state index in [4.69, 9.17) is 9.84 Å². The molecule has 0 fully saturated rings. The molecule has 0 unspecified atom stereocenters. The molecule has 0 aliphatic carbocycles. The number of carboxylic acids is 1. The van der Waals surface area contributed by atoms with Gasteiger partial charge in [0.1, 0.15) is 24.6 Å². The van der Waals surface area contributed by atoms with Gasteiger partial charge in [-0.1, -0.05) is 46.8 Å². The zero-order chi connectivity index (χ0) is 26.6. The van der Waals surface area contributed by atoms with Crippen molar-refractivity contribution in [1.82, 2.24) is 9.47 Å². The lowest BCUT2D eigenvalue weighted by Gasteiger charge is -2.35. The Hall–Kier alpha value is -3.09. The van der Waals surface area contributed by atoms with Gasteiger partial charge in [0.15, 0.2) is 5.78 Å². The molecule has 7 heteroatoms. The molecule has 0 aliphatic rings. The predicted octanol–water partition coefficient (Wildman–Crippen LogP) is 5.07. The van der Waals surface area contributed by atoms with Gasteiger partial charge >= 0.3 is 5.97 Å². The Labute approximate surface area is 209 Å². The van der Waals surface area contributed by atoms with Crippen LogP contribution in [-0.2, 0) is 21.5 Å². The van der Waals surface area contributed by atoms with Gasteiger partial charge in [0.05, 0.1) is 0 Å². The van der Waals surface area contributed by atoms with Crippen molar-refractivity contribution >= 4 is 17.7 Å². The molecule has 2 aromatic rings. The Morgan fingerprint density at radius 2 is 1.66 bits per heavy atom. The Balaban J connectivity index is 2.47. The van der Waals surface area contributed by atoms with Crippen LogP contribution in [0.1, 0.15) is 81.7 Å². The third-order valence-electron chi connectivity index (χ3n) is 6.86. The molecule has 7 nitrogen and oxygen atoms in total. The van der Waals surface area contributed by atoms with E-state index in [0.29, 0.717) is 18.0 Å². The Morgan fingerprint density at radius 1 is 1.03 bits per heavy atom. The molecule has 192 valence electrons. The predicted molar refractivity (Wildman–Crippen MR) is 137 cm³/mol. The first-order valence-electron chi connectivity index (χ1n) is 12.3. The fourth-order valence-electron chi connectivity index (χ4n) is 4.52. The number of aromatic nitrogens is 1. The number of hydrogen-bond donors (Lipinski definition) is 1. The average Bonchev–Trinajstić information content (AvgIpc) is 3.22. The SMILES string of the molecule is CCn1c(C(=O)N(C)CC(=O)O)ccc1C(CC)(CC)c1ccc(OCC(=O)C(C)(C)C)c(C)c1. The van der Waals surface area contributed by atoms with Crippen molar-refractivity contribution in [2.75, 3.05) is 20.2 Å². The zero-order valence-electron chi connectivity index (χ0n) is 22.4. The fraction of sp³-hybridized carbons (Fsp3) is 0.536. The molecular formula is C28H40N2O5. The largest absolute Gasteiger partial charge is 0.486 e. The van der Waals surface area contributed by atoms with E-state index < -0.39 is 11.4 Å². The first kappa shape index (κ1) is 28.1. The second kappa shape index (κ2) is 11.1. The monoisotopic (exact) mass is 484 g/mol. The highest BCUT2D eigenvalue weighted by Gasteiger charge is 2.35. The summed E-state index contributed by atoms with van der Waals surface area (Å²) in [5.74, 6) is -0.632. The number of Topliss-reactive ketones (excluding diaryl/α,β-unsaturated/α-hetero) is 1. The van der Waals surface area contributed by atoms with Crippen LogP contribution in [0.2, 0.25) is 0 Å². The lowest BCUT2D eigenvalue weighted by atomic mass is 9.72. The molecule has 1 heterocycles. The number of carbonyl (C=O) groups excluding carboxylic acids is 2. The molecule has 0 aliphatic heterocycles. The Morgan fingerprint density at radius 3 is 2.14 bits per heavy atom. The number of carboxylic acid groups (broad SMARTS) is 1. The normalized spacial score (nSPS) is 11.9. The number of ketones is 1. The molecule has 1 N–H and O–H groups in total. The number of rotatable bonds is 11. The second-order valence-electron chi connectivity index (χ2n) is 10.1. The zero-order valence-corrected chi connectivity index (χ0v) is 22.4. The number of nitrogens with zero attached hydrogens (tertiary/aromatic N) is 2. The molecule has 1 amide bonds. The van der Waals surface area contributed by atoms with Crippen LogP contribution >= 0.6 is 0 Å². The maximum Gasteiger partial charge on any atom is 0.323 e. The van der Waals surface area contributed by atoms with E-state index in [1.165, 1.54) is 11.9 Å². The topological polar surface area (TPSA) is 88.8 Å². The Kier molecular flexibility index (Phi) is 8.93. The van der Waals surface area contributed by atoms with Crippen LogP contribution in [0, 0.1) is 12.3 Å². The minimum Gasteiger partial charge on any atom is -0.486 e. The van der Waals surface area contributed by atoms with E-state index in [9.17, 15) is 14.4 Å². The van der Waals surface area contributed by atoms with Gasteiger partial charge in [0.25, 0.3) is 5.91 Å². The minimum atomic E-state index is -1.05. The molecule has 0 spiro atoms. The number of hydrogen-bond acceptors (Lipinski definition) is 4. The van der Waals surface area contributed by atoms with Gasteiger partial charge < -0.3 is 19.3 Å². The first-order valence-corrected chi connectivity index (χ1v) is 12.3. The van der Waals surface area contributed by atoms with E-state index in [2.05, 4.69) is 19.9 Å². The Bertz CT molecular complexity index is 1070. The number of aryl methyl sites for hydroxylation is 1. The maximum absolute atomic E-state index is 13.0. The van der Waals surface area contributed by atoms with E-state index >= 15 is 0 Å². The highest BCUT2D eigenvalue weighted by molar-refractivity contribution is 5.94. The molecule has 0 bridgehead atoms. The van der Waals surface area contributed by atoms with Crippen molar-refractivity contribution in [3.63, 3.8) is 0 Å². The summed E-state index contributed by atoms with van der Waals surface area (Å²) in [7, 11) is 1.50. The van der Waals surface area contributed by atoms with Crippen LogP contribution < -0.4 is 4.74 Å². The maximum atomic E-state index is 13.0. The molecule has 0 saturated heterocycles. The fourth-order valence-corrected chi connectivity index (χ4v) is 4.52. The summed E-state index contributed by atoms with van der Waals surface area (Å²) in [6.45, 7) is 14.1. The lowest BCUT2D eigenvalue weighted by Crippen LogP contribution is -2.35. The summed E-state index contributed by atoms with van der Waals surface area (Å²) in [5, 5.41) is 9.09. The van der Waals surface area contributed by atoms with Crippen molar-refractivity contribution in [1.29, 1.82) is 0 Å². The van der Waals surface area contributed by atoms with Crippen LogP contribution in [0.5, 0.6) is 5.75 Å². The van der Waals surface area contributed by atoms with Gasteiger partial charge in [-0.15, -0.1) is 0 Å². The van der Waals surface area contributed by atoms with Crippen LogP contribution in [0.3, 0.4) is 0 Å². The average molecular weight is 485 g/mol. The summed E-state index contributed by atoms with van der Waals surface area (Å²) >= 11 is 0. The molecule has 2 rings (SSSR count). The standard InChI is InChI=1S/C28H40N2O5/c1-9-28(10-2,20-12-14-22(19(4)16-20)35-18-24(31)27(5,6)7)23-15-13-21(30(23)11-3)26(34)29(8)17-25(32)33/h12-16H,9-11,17-18H2,1-8H3,(H,32,33). The molecule has 35 heavy (non-hydrogen) atoms. The minimum absolute atomic E-state index is 0.0321. The van der Waals surface area contributed by atoms with Crippen molar-refractivity contribution in [3.8, 4) is 5.75 Å². The number of benzene rings is 1. The third kappa shape index (κ3) is 5.95. The van der Waals surface area contributed by atoms with Crippen molar-refractivity contribution < 1.29 is 24.2 Å². The van der Waals surface area contributed by atoms with Gasteiger partial charge in [0, 0.05) is 30.1 Å². The smallest absolute Gasteiger partial charge is 0.323 e. The first-order chi connectivity index (χ1) is 16.3. The third-order valence-corrected chi connectivity index (χ3v) is 6.86. The summed E-state index contributed by atoms with van der Waals surface area (Å²) in [6, 6.07) is 9.85. The van der Waals surface area contributed by atoms with Gasteiger partial charge in [-0.05, 0) is 56.0 Å². The molecule has 1 aromatic heterocycles. The highest BCUT2D eigenvalue weighted by Crippen LogP contribution is 2.41. The van der Waals surface area contributed by atoms with Crippen LogP contribution in [0.25, 0.3) is 0 Å². The molecule has 0 radical (unpaired) electrons. The van der Waals surface area contributed by atoms with E-state index in [1.54, 1.807) is 6.07 Å². The van der Waals surface area contributed by atoms with Gasteiger partial charge in [-0.3, -0.25) is 14.4 Å². The van der Waals surface area contributed by atoms with Crippen molar-refractivity contribution in [2.45, 2.75) is 73.3 Å². The molecule has 0 saturated carbocycles. The van der Waals surface area contributed by atoms with E-state index in [1.807, 2.05) is 57.4 Å². The van der Waals surface area contributed by atoms with Gasteiger partial charge in [0.2, 0.25) is 0 Å². The van der Waals surface area contributed by atoms with Gasteiger partial charge in [-0.2, -0.15) is 0 Å². The molecule has 0 atom stereocenters. The molecule has 1 aromatic carbocycles. The van der Waals surface area contributed by atoms with E-state index in [0.717, 1.165) is 29.7 Å². The van der Waals surface area contributed by atoms with E-state index in [-0.39, 0.29) is 30.3 Å². The lowest BCUT2D eigenvalue weighted by molar-refractivity contribution is -0.137. The highest BCUT2D eigenvalue weighted by atomic mass is 16.5. The second-order valence-corrected chi connectivity index (χ2v) is 10.1. The summed E-state index contributed by atoms with van der Waals surface area (Å²) < 4.78 is 7.85. The number of aliphatic carboxylic acids is 1. The van der Waals surface area contributed by atoms with Crippen LogP contribution in [0.15, 0.2) is 30.3 Å². The van der Waals surface area contributed by atoms with Crippen molar-refractivity contribution in [2.24, 2.45) is 5.41 Å². The number of carbonyl (C=O) groups is 3.